The Morgan fingerprint density at radius 3 is 2.58 bits per heavy atom. The van der Waals surface area contributed by atoms with Gasteiger partial charge in [-0.3, -0.25) is 9.98 Å². The molecule has 0 fully saturated rings. The highest BCUT2D eigenvalue weighted by atomic mass is 19.1. The van der Waals surface area contributed by atoms with E-state index in [1.54, 1.807) is 30.5 Å². The molecule has 0 N–H and O–H groups in total. The van der Waals surface area contributed by atoms with Gasteiger partial charge in [0.05, 0.1) is 11.8 Å². The fourth-order valence-corrected chi connectivity index (χ4v) is 3.05. The van der Waals surface area contributed by atoms with Crippen molar-refractivity contribution in [2.75, 3.05) is 0 Å². The van der Waals surface area contributed by atoms with Gasteiger partial charge in [-0.25, -0.2) is 8.78 Å². The smallest absolute Gasteiger partial charge is 0.165 e. The molecule has 4 rings (SSSR count). The Bertz CT molecular complexity index is 1040. The SMILES string of the molecule is C[C@@H]1N=C(c2cnc3c(F)cccc3c2)c2cccc(F)c2OC1(C)C. The van der Waals surface area contributed by atoms with Crippen LogP contribution in [0.15, 0.2) is 53.7 Å². The molecule has 2 aromatic carbocycles. The number of nitrogens with zero attached hydrogens (tertiary/aromatic N) is 2. The van der Waals surface area contributed by atoms with Crippen LogP contribution in [0.2, 0.25) is 0 Å². The van der Waals surface area contributed by atoms with Gasteiger partial charge in [-0.1, -0.05) is 18.2 Å². The zero-order chi connectivity index (χ0) is 18.5. The van der Waals surface area contributed by atoms with Crippen LogP contribution in [0, 0.1) is 11.6 Å². The van der Waals surface area contributed by atoms with Gasteiger partial charge in [0.15, 0.2) is 11.6 Å². The molecule has 3 nitrogen and oxygen atoms in total. The number of rotatable bonds is 1. The molecule has 0 unspecified atom stereocenters. The van der Waals surface area contributed by atoms with Crippen LogP contribution in [-0.4, -0.2) is 22.3 Å². The Hall–Kier alpha value is -2.82. The first-order chi connectivity index (χ1) is 12.4. The predicted octanol–water partition coefficient (Wildman–Crippen LogP) is 4.91. The van der Waals surface area contributed by atoms with Gasteiger partial charge in [-0.15, -0.1) is 0 Å². The van der Waals surface area contributed by atoms with Crippen molar-refractivity contribution in [2.45, 2.75) is 32.4 Å². The Labute approximate surface area is 150 Å². The van der Waals surface area contributed by atoms with Gasteiger partial charge >= 0.3 is 0 Å². The van der Waals surface area contributed by atoms with Crippen molar-refractivity contribution in [2.24, 2.45) is 4.99 Å². The van der Waals surface area contributed by atoms with E-state index in [-0.39, 0.29) is 17.6 Å². The van der Waals surface area contributed by atoms with Crippen LogP contribution < -0.4 is 4.74 Å². The van der Waals surface area contributed by atoms with E-state index in [9.17, 15) is 8.78 Å². The average Bonchev–Trinajstić information content (AvgIpc) is 2.71. The molecule has 1 aliphatic heterocycles. The first-order valence-electron chi connectivity index (χ1n) is 8.47. The highest BCUT2D eigenvalue weighted by Crippen LogP contribution is 2.35. The van der Waals surface area contributed by atoms with Crippen molar-refractivity contribution in [3.05, 3.63) is 71.4 Å². The molecule has 0 aliphatic carbocycles. The van der Waals surface area contributed by atoms with Gasteiger partial charge in [0.1, 0.15) is 16.9 Å². The molecular formula is C21H18F2N2O. The van der Waals surface area contributed by atoms with Crippen molar-refractivity contribution < 1.29 is 13.5 Å². The molecule has 26 heavy (non-hydrogen) atoms. The lowest BCUT2D eigenvalue weighted by molar-refractivity contribution is 0.0840. The normalized spacial score (nSPS) is 18.7. The van der Waals surface area contributed by atoms with E-state index in [0.717, 1.165) is 0 Å². The maximum atomic E-state index is 14.5. The van der Waals surface area contributed by atoms with Gasteiger partial charge in [0, 0.05) is 22.7 Å². The summed E-state index contributed by atoms with van der Waals surface area (Å²) in [5.74, 6) is -0.627. The zero-order valence-electron chi connectivity index (χ0n) is 14.8. The Morgan fingerprint density at radius 2 is 1.77 bits per heavy atom. The molecule has 1 atom stereocenters. The number of ether oxygens (including phenoxy) is 1. The van der Waals surface area contributed by atoms with Crippen molar-refractivity contribution in [1.29, 1.82) is 0 Å². The third kappa shape index (κ3) is 2.64. The topological polar surface area (TPSA) is 34.5 Å². The quantitative estimate of drug-likeness (QED) is 0.624. The van der Waals surface area contributed by atoms with E-state index < -0.39 is 11.4 Å². The minimum atomic E-state index is -0.672. The summed E-state index contributed by atoms with van der Waals surface area (Å²) in [4.78, 5) is 9.05. The van der Waals surface area contributed by atoms with E-state index in [1.165, 1.54) is 12.1 Å². The summed E-state index contributed by atoms with van der Waals surface area (Å²) in [7, 11) is 0. The van der Waals surface area contributed by atoms with Gasteiger partial charge in [-0.05, 0) is 45.0 Å². The molecule has 0 saturated heterocycles. The minimum absolute atomic E-state index is 0.180. The molecular weight excluding hydrogens is 334 g/mol. The summed E-state index contributed by atoms with van der Waals surface area (Å²) in [6.45, 7) is 5.70. The van der Waals surface area contributed by atoms with Crippen molar-refractivity contribution in [3.63, 3.8) is 0 Å². The predicted molar refractivity (Wildman–Crippen MR) is 97.9 cm³/mol. The maximum absolute atomic E-state index is 14.5. The lowest BCUT2D eigenvalue weighted by Gasteiger charge is -2.28. The lowest BCUT2D eigenvalue weighted by atomic mass is 10.00. The number of aromatic nitrogens is 1. The number of hydrogen-bond acceptors (Lipinski definition) is 3. The molecule has 0 radical (unpaired) electrons. The second-order valence-corrected chi connectivity index (χ2v) is 7.01. The number of halogens is 2. The summed E-state index contributed by atoms with van der Waals surface area (Å²) >= 11 is 0. The zero-order valence-corrected chi connectivity index (χ0v) is 14.8. The van der Waals surface area contributed by atoms with Gasteiger partial charge in [-0.2, -0.15) is 0 Å². The highest BCUT2D eigenvalue weighted by Gasteiger charge is 2.34. The molecule has 0 spiro atoms. The van der Waals surface area contributed by atoms with Crippen LogP contribution in [-0.2, 0) is 0 Å². The van der Waals surface area contributed by atoms with Crippen LogP contribution in [0.3, 0.4) is 0 Å². The monoisotopic (exact) mass is 352 g/mol. The Kier molecular flexibility index (Phi) is 3.75. The van der Waals surface area contributed by atoms with Crippen molar-refractivity contribution in [1.82, 2.24) is 4.98 Å². The molecule has 0 amide bonds. The average molecular weight is 352 g/mol. The molecule has 1 aromatic heterocycles. The Balaban J connectivity index is 1.96. The van der Waals surface area contributed by atoms with Crippen LogP contribution >= 0.6 is 0 Å². The largest absolute Gasteiger partial charge is 0.482 e. The van der Waals surface area contributed by atoms with Crippen LogP contribution in [0.5, 0.6) is 5.75 Å². The summed E-state index contributed by atoms with van der Waals surface area (Å²) in [5, 5.41) is 0.667. The van der Waals surface area contributed by atoms with E-state index >= 15 is 0 Å². The second kappa shape index (κ2) is 5.87. The number of fused-ring (bicyclic) bond motifs is 2. The number of para-hydroxylation sites is 2. The number of aliphatic imine (C=N–C) groups is 1. The molecule has 5 heteroatoms. The van der Waals surface area contributed by atoms with E-state index in [1.807, 2.05) is 26.8 Å². The first-order valence-corrected chi connectivity index (χ1v) is 8.47. The van der Waals surface area contributed by atoms with Crippen LogP contribution in [0.4, 0.5) is 8.78 Å². The standard InChI is InChI=1S/C21H18F2N2O/c1-12-21(2,3)26-20-15(7-5-9-17(20)23)18(25-12)14-10-13-6-4-8-16(22)19(13)24-11-14/h4-12H,1-3H3/t12-/m0/s1. The van der Waals surface area contributed by atoms with Gasteiger partial charge in [0.25, 0.3) is 0 Å². The van der Waals surface area contributed by atoms with E-state index in [0.29, 0.717) is 27.7 Å². The van der Waals surface area contributed by atoms with Gasteiger partial charge in [0.2, 0.25) is 0 Å². The van der Waals surface area contributed by atoms with E-state index in [2.05, 4.69) is 4.98 Å². The van der Waals surface area contributed by atoms with Crippen LogP contribution in [0.1, 0.15) is 31.9 Å². The molecule has 1 aliphatic rings. The first kappa shape index (κ1) is 16.6. The molecule has 0 saturated carbocycles. The summed E-state index contributed by atoms with van der Waals surface area (Å²) in [6, 6.07) is 11.2. The molecule has 132 valence electrons. The van der Waals surface area contributed by atoms with Crippen molar-refractivity contribution in [3.8, 4) is 5.75 Å². The third-order valence-corrected chi connectivity index (χ3v) is 4.85. The highest BCUT2D eigenvalue weighted by molar-refractivity contribution is 6.15. The second-order valence-electron chi connectivity index (χ2n) is 7.01. The molecule has 3 aromatic rings. The summed E-state index contributed by atoms with van der Waals surface area (Å²) < 4.78 is 34.4. The third-order valence-electron chi connectivity index (χ3n) is 4.85. The van der Waals surface area contributed by atoms with Gasteiger partial charge < -0.3 is 4.74 Å². The number of pyridine rings is 1. The van der Waals surface area contributed by atoms with E-state index in [4.69, 9.17) is 9.73 Å². The lowest BCUT2D eigenvalue weighted by Crippen LogP contribution is -2.38. The minimum Gasteiger partial charge on any atom is -0.482 e. The molecule has 0 bridgehead atoms. The fraction of sp³-hybridized carbons (Fsp3) is 0.238. The fourth-order valence-electron chi connectivity index (χ4n) is 3.05. The maximum Gasteiger partial charge on any atom is 0.165 e. The summed E-state index contributed by atoms with van der Waals surface area (Å²) in [6.07, 6.45) is 1.57. The summed E-state index contributed by atoms with van der Waals surface area (Å²) in [5.41, 5.74) is 1.49. The van der Waals surface area contributed by atoms with Crippen molar-refractivity contribution >= 4 is 16.6 Å². The number of hydrogen-bond donors (Lipinski definition) is 0. The molecule has 2 heterocycles. The number of benzene rings is 2. The van der Waals surface area contributed by atoms with Crippen LogP contribution in [0.25, 0.3) is 10.9 Å². The Morgan fingerprint density at radius 1 is 1.04 bits per heavy atom.